The van der Waals surface area contributed by atoms with Gasteiger partial charge in [-0.3, -0.25) is 9.59 Å². The van der Waals surface area contributed by atoms with Crippen molar-refractivity contribution >= 4 is 63.3 Å². The van der Waals surface area contributed by atoms with Gasteiger partial charge in [-0.1, -0.05) is 38.4 Å². The molecule has 2 aliphatic heterocycles. The average Bonchev–Trinajstić information content (AvgIpc) is 2.68. The molecule has 0 aromatic carbocycles. The van der Waals surface area contributed by atoms with E-state index in [-0.39, 0.29) is 31.8 Å². The molecule has 0 bridgehead atoms. The fourth-order valence-corrected chi connectivity index (χ4v) is 24.7. The van der Waals surface area contributed by atoms with Gasteiger partial charge in [0.2, 0.25) is 0 Å². The molecule has 0 aromatic heterocycles. The summed E-state index contributed by atoms with van der Waals surface area (Å²) >= 11 is 3.94. The molecule has 2 N–H and O–H groups in total. The Labute approximate surface area is 231 Å². The summed E-state index contributed by atoms with van der Waals surface area (Å²) in [4.78, 5) is 22.8. The van der Waals surface area contributed by atoms with Gasteiger partial charge < -0.3 is 23.2 Å². The zero-order chi connectivity index (χ0) is 28.8. The highest BCUT2D eigenvalue weighted by atomic mass is 32.1. The molecule has 0 amide bonds. The standard InChI is InChI=1S/C11H22O3Si2.C8H18O3Si2.C3H6O.CH2S.CH4/c1-6-7-13-11(12)10-8-15(2,3)14-16(4,5)9-10;1-12(2)5-7(8(9)10)6-13(3,4)11-12;1-2-3-4;1-2;/h6,10H,1,7-9H2,2-5H3;7H,5-6H2,1-4H3,(H,9,10);2,4H,1,3H2;1H2;1H4/i;;;1D;. The predicted molar refractivity (Wildman–Crippen MR) is 166 cm³/mol. The molecule has 2 heterocycles. The van der Waals surface area contributed by atoms with E-state index in [0.29, 0.717) is 6.61 Å². The smallest absolute Gasteiger partial charge is 0.308 e. The van der Waals surface area contributed by atoms with Gasteiger partial charge in [0.25, 0.3) is 0 Å². The molecule has 0 spiro atoms. The van der Waals surface area contributed by atoms with E-state index in [0.717, 1.165) is 30.0 Å². The maximum Gasteiger partial charge on any atom is 0.308 e. The number of aliphatic hydroxyl groups excluding tert-OH is 1. The lowest BCUT2D eigenvalue weighted by atomic mass is 10.2. The first-order valence-corrected chi connectivity index (χ1v) is 24.7. The van der Waals surface area contributed by atoms with Crippen molar-refractivity contribution < 1.29 is 34.1 Å². The summed E-state index contributed by atoms with van der Waals surface area (Å²) in [5.41, 5.74) is 0. The topological polar surface area (TPSA) is 102 Å². The second-order valence-corrected chi connectivity index (χ2v) is 28.5. The van der Waals surface area contributed by atoms with Crippen LogP contribution in [0.1, 0.15) is 8.80 Å². The van der Waals surface area contributed by atoms with Crippen LogP contribution in [0.25, 0.3) is 0 Å². The van der Waals surface area contributed by atoms with E-state index in [1.165, 1.54) is 6.08 Å². The van der Waals surface area contributed by atoms with Gasteiger partial charge in [0.15, 0.2) is 33.3 Å². The van der Waals surface area contributed by atoms with Crippen LogP contribution in [-0.2, 0) is 22.6 Å². The fourth-order valence-electron chi connectivity index (χ4n) is 4.78. The Bertz CT molecular complexity index is 702. The number of rotatable bonds is 5. The third-order valence-electron chi connectivity index (χ3n) is 5.21. The summed E-state index contributed by atoms with van der Waals surface area (Å²) in [6.07, 6.45) is 3.04. The number of carboxylic acids is 1. The summed E-state index contributed by atoms with van der Waals surface area (Å²) in [6, 6.07) is 3.33. The third kappa shape index (κ3) is 17.7. The number of aliphatic carboxylic acids is 1. The van der Waals surface area contributed by atoms with Gasteiger partial charge in [-0.05, 0) is 82.4 Å². The molecule has 2 aliphatic rings. The molecule has 0 aromatic rings. The van der Waals surface area contributed by atoms with Crippen molar-refractivity contribution in [2.75, 3.05) is 13.2 Å². The first kappa shape index (κ1) is 37.4. The Morgan fingerprint density at radius 3 is 1.47 bits per heavy atom. The molecule has 2 rings (SSSR count). The highest BCUT2D eigenvalue weighted by molar-refractivity contribution is 7.77. The highest BCUT2D eigenvalue weighted by Crippen LogP contribution is 2.36. The predicted octanol–water partition coefficient (Wildman–Crippen LogP) is 6.32. The third-order valence-corrected chi connectivity index (χ3v) is 20.0. The Balaban J connectivity index is -0.000000494. The minimum Gasteiger partial charge on any atom is -0.481 e. The first-order chi connectivity index (χ1) is 16.3. The number of carboxylic acid groups (broad SMARTS) is 1. The summed E-state index contributed by atoms with van der Waals surface area (Å²) in [6.45, 7) is 24.4. The van der Waals surface area contributed by atoms with Crippen LogP contribution in [0.3, 0.4) is 0 Å². The van der Waals surface area contributed by atoms with Crippen LogP contribution in [0.2, 0.25) is 76.6 Å². The van der Waals surface area contributed by atoms with Crippen LogP contribution in [0.15, 0.2) is 25.3 Å². The van der Waals surface area contributed by atoms with Crippen molar-refractivity contribution in [2.24, 2.45) is 11.8 Å². The number of aliphatic hydroxyl groups is 1. The Hall–Kier alpha value is -0.742. The van der Waals surface area contributed by atoms with Gasteiger partial charge in [0.1, 0.15) is 6.61 Å². The second-order valence-electron chi connectivity index (χ2n) is 11.2. The lowest BCUT2D eigenvalue weighted by Gasteiger charge is -2.42. The lowest BCUT2D eigenvalue weighted by molar-refractivity contribution is -0.146. The number of carbonyl (C=O) groups excluding carboxylic acids is 1. The van der Waals surface area contributed by atoms with Crippen LogP contribution in [0.4, 0.5) is 0 Å². The SMILES string of the molecule is C.C=CCO.C=CCOC(=O)C1C[Si](C)(C)O[Si](C)(C)C1.C[Si]1(C)CC(C(=O)O)C[Si](C)(C)O1.[2H]C=S. The van der Waals surface area contributed by atoms with E-state index in [4.69, 9.17) is 24.6 Å². The maximum absolute atomic E-state index is 11.9. The largest absolute Gasteiger partial charge is 0.481 e. The van der Waals surface area contributed by atoms with Gasteiger partial charge in [-0.25, -0.2) is 0 Å². The Morgan fingerprint density at radius 1 is 0.917 bits per heavy atom. The maximum atomic E-state index is 11.9. The molecule has 36 heavy (non-hydrogen) atoms. The molecule has 0 atom stereocenters. The Kier molecular flexibility index (Phi) is 18.4. The number of esters is 1. The van der Waals surface area contributed by atoms with Crippen molar-refractivity contribution in [3.05, 3.63) is 25.3 Å². The van der Waals surface area contributed by atoms with Crippen LogP contribution < -0.4 is 0 Å². The number of ether oxygens (including phenoxy) is 1. The summed E-state index contributed by atoms with van der Waals surface area (Å²) in [5.74, 6) is 0.0444. The van der Waals surface area contributed by atoms with E-state index in [1.54, 1.807) is 6.08 Å². The number of carbonyl (C=O) groups is 2. The van der Waals surface area contributed by atoms with Gasteiger partial charge in [0.05, 0.1) is 19.8 Å². The molecule has 0 saturated carbocycles. The molecule has 0 unspecified atom stereocenters. The number of thiocarbonyl (C=S) groups is 1. The van der Waals surface area contributed by atoms with Crippen molar-refractivity contribution in [1.29, 1.82) is 0 Å². The van der Waals surface area contributed by atoms with Crippen LogP contribution in [0, 0.1) is 11.8 Å². The zero-order valence-electron chi connectivity index (χ0n) is 23.9. The molecule has 7 nitrogen and oxygen atoms in total. The van der Waals surface area contributed by atoms with Crippen LogP contribution >= 0.6 is 12.2 Å². The normalized spacial score (nSPS) is 21.4. The van der Waals surface area contributed by atoms with Crippen molar-refractivity contribution in [3.63, 3.8) is 0 Å². The minimum atomic E-state index is -1.67. The molecular weight excluding hydrogens is 545 g/mol. The Morgan fingerprint density at radius 2 is 1.22 bits per heavy atom. The summed E-state index contributed by atoms with van der Waals surface area (Å²) in [7, 11) is -6.65. The van der Waals surface area contributed by atoms with E-state index >= 15 is 0 Å². The quantitative estimate of drug-likeness (QED) is 0.164. The molecule has 12 heteroatoms. The number of hydrogen-bond donors (Lipinski definition) is 2. The van der Waals surface area contributed by atoms with Crippen molar-refractivity contribution in [1.82, 2.24) is 0 Å². The van der Waals surface area contributed by atoms with E-state index in [9.17, 15) is 9.59 Å². The van der Waals surface area contributed by atoms with Gasteiger partial charge in [0, 0.05) is 0 Å². The lowest BCUT2D eigenvalue weighted by Crippen LogP contribution is -2.52. The zero-order valence-corrected chi connectivity index (χ0v) is 27.7. The van der Waals surface area contributed by atoms with Crippen molar-refractivity contribution in [2.45, 2.75) is 84.0 Å². The van der Waals surface area contributed by atoms with Crippen LogP contribution in [0.5, 0.6) is 0 Å². The summed E-state index contributed by atoms with van der Waals surface area (Å²) < 4.78 is 23.3. The van der Waals surface area contributed by atoms with E-state index in [2.05, 4.69) is 77.8 Å². The molecular formula is C24H52O7SSi4. The van der Waals surface area contributed by atoms with Crippen molar-refractivity contribution in [3.8, 4) is 0 Å². The van der Waals surface area contributed by atoms with E-state index < -0.39 is 39.2 Å². The van der Waals surface area contributed by atoms with E-state index in [1.807, 2.05) is 0 Å². The first-order valence-electron chi connectivity index (χ1n) is 12.3. The van der Waals surface area contributed by atoms with Gasteiger partial charge >= 0.3 is 11.9 Å². The van der Waals surface area contributed by atoms with Gasteiger partial charge in [-0.15, -0.1) is 6.58 Å². The monoisotopic (exact) mass is 597 g/mol. The van der Waals surface area contributed by atoms with Crippen LogP contribution in [-0.4, -0.2) is 74.5 Å². The average molecular weight is 598 g/mol. The molecule has 0 aliphatic carbocycles. The second kappa shape index (κ2) is 17.7. The number of hydrogen-bond acceptors (Lipinski definition) is 7. The fraction of sp³-hybridized carbons (Fsp3) is 0.708. The highest BCUT2D eigenvalue weighted by Gasteiger charge is 2.46. The molecule has 2 fully saturated rings. The molecule has 0 radical (unpaired) electrons. The van der Waals surface area contributed by atoms with Gasteiger partial charge in [-0.2, -0.15) is 0 Å². The summed E-state index contributed by atoms with van der Waals surface area (Å²) in [5, 5.41) is 16.7. The minimum absolute atomic E-state index is 0. The molecule has 212 valence electrons. The molecule has 2 saturated heterocycles.